The maximum Gasteiger partial charge on any atom is 0.223 e. The van der Waals surface area contributed by atoms with Crippen molar-refractivity contribution < 1.29 is 9.47 Å². The van der Waals surface area contributed by atoms with Gasteiger partial charge in [-0.25, -0.2) is 9.97 Å². The third kappa shape index (κ3) is 3.30. The quantitative estimate of drug-likeness (QED) is 0.835. The molecule has 0 aromatic carbocycles. The van der Waals surface area contributed by atoms with Gasteiger partial charge >= 0.3 is 0 Å². The summed E-state index contributed by atoms with van der Waals surface area (Å²) < 4.78 is 11.7. The summed E-state index contributed by atoms with van der Waals surface area (Å²) in [5.41, 5.74) is 4.29. The normalized spacial score (nSPS) is 19.9. The van der Waals surface area contributed by atoms with E-state index in [9.17, 15) is 0 Å². The minimum Gasteiger partial charge on any atom is -0.474 e. The number of nitrogens with zero attached hydrogens (tertiary/aromatic N) is 4. The lowest BCUT2D eigenvalue weighted by Gasteiger charge is -2.24. The highest BCUT2D eigenvalue weighted by Crippen LogP contribution is 2.32. The van der Waals surface area contributed by atoms with Gasteiger partial charge in [0.1, 0.15) is 11.9 Å². The number of fused-ring (bicyclic) bond motifs is 1. The van der Waals surface area contributed by atoms with Crippen LogP contribution in [0.3, 0.4) is 0 Å². The van der Waals surface area contributed by atoms with Gasteiger partial charge in [0.15, 0.2) is 0 Å². The van der Waals surface area contributed by atoms with E-state index in [4.69, 9.17) is 14.5 Å². The van der Waals surface area contributed by atoms with E-state index in [-0.39, 0.29) is 6.10 Å². The van der Waals surface area contributed by atoms with E-state index in [0.29, 0.717) is 12.4 Å². The van der Waals surface area contributed by atoms with Crippen LogP contribution in [-0.4, -0.2) is 48.1 Å². The number of rotatable bonds is 4. The lowest BCUT2D eigenvalue weighted by Crippen LogP contribution is -2.27. The van der Waals surface area contributed by atoms with Gasteiger partial charge in [-0.2, -0.15) is 0 Å². The summed E-state index contributed by atoms with van der Waals surface area (Å²) in [6.45, 7) is 4.35. The first kappa shape index (κ1) is 16.7. The molecule has 2 fully saturated rings. The Kier molecular flexibility index (Phi) is 4.49. The van der Waals surface area contributed by atoms with Crippen LogP contribution in [0.1, 0.15) is 42.4 Å². The zero-order chi connectivity index (χ0) is 18.1. The van der Waals surface area contributed by atoms with E-state index in [1.165, 1.54) is 18.4 Å². The summed E-state index contributed by atoms with van der Waals surface area (Å²) in [7, 11) is 0. The van der Waals surface area contributed by atoms with Crippen molar-refractivity contribution in [1.82, 2.24) is 9.97 Å². The van der Waals surface area contributed by atoms with E-state index in [1.54, 1.807) is 0 Å². The van der Waals surface area contributed by atoms with E-state index in [1.807, 2.05) is 24.5 Å². The van der Waals surface area contributed by atoms with E-state index < -0.39 is 0 Å². The molecule has 3 aliphatic heterocycles. The fraction of sp³-hybridized carbons (Fsp3) is 0.476. The maximum absolute atomic E-state index is 6.28. The third-order valence-corrected chi connectivity index (χ3v) is 5.54. The first-order valence-electron chi connectivity index (χ1n) is 9.87. The Morgan fingerprint density at radius 3 is 2.70 bits per heavy atom. The highest BCUT2D eigenvalue weighted by molar-refractivity contribution is 6.16. The summed E-state index contributed by atoms with van der Waals surface area (Å²) in [5.74, 6) is 1.74. The van der Waals surface area contributed by atoms with Gasteiger partial charge in [-0.3, -0.25) is 4.99 Å². The topological polar surface area (TPSA) is 59.8 Å². The van der Waals surface area contributed by atoms with Gasteiger partial charge in [0.25, 0.3) is 0 Å². The Bertz CT molecular complexity index is 855. The van der Waals surface area contributed by atoms with Gasteiger partial charge in [0.05, 0.1) is 31.0 Å². The number of ether oxygens (including phenoxy) is 2. The van der Waals surface area contributed by atoms with Crippen LogP contribution in [0.25, 0.3) is 0 Å². The maximum atomic E-state index is 6.28. The molecule has 0 bridgehead atoms. The SMILES string of the molecule is c1cc(C2=NCc3ccnc(OC4CCOCC4)c32)cc(N2CCCC2)n1. The van der Waals surface area contributed by atoms with Gasteiger partial charge in [-0.1, -0.05) is 0 Å². The number of aliphatic imine (C=N–C) groups is 1. The molecule has 140 valence electrons. The van der Waals surface area contributed by atoms with Crippen LogP contribution >= 0.6 is 0 Å². The molecule has 2 saturated heterocycles. The van der Waals surface area contributed by atoms with Gasteiger partial charge in [-0.05, 0) is 36.6 Å². The summed E-state index contributed by atoms with van der Waals surface area (Å²) in [6, 6.07) is 6.24. The predicted molar refractivity (Wildman–Crippen MR) is 104 cm³/mol. The van der Waals surface area contributed by atoms with Crippen molar-refractivity contribution in [2.75, 3.05) is 31.2 Å². The molecule has 2 aromatic heterocycles. The van der Waals surface area contributed by atoms with Gasteiger partial charge in [0.2, 0.25) is 5.88 Å². The summed E-state index contributed by atoms with van der Waals surface area (Å²) in [4.78, 5) is 16.3. The smallest absolute Gasteiger partial charge is 0.223 e. The highest BCUT2D eigenvalue weighted by Gasteiger charge is 2.26. The number of anilines is 1. The van der Waals surface area contributed by atoms with Gasteiger partial charge in [0, 0.05) is 43.9 Å². The third-order valence-electron chi connectivity index (χ3n) is 5.54. The Labute approximate surface area is 159 Å². The predicted octanol–water partition coefficient (Wildman–Crippen LogP) is 2.99. The largest absolute Gasteiger partial charge is 0.474 e. The molecule has 0 spiro atoms. The first-order valence-corrected chi connectivity index (χ1v) is 9.87. The van der Waals surface area contributed by atoms with E-state index in [0.717, 1.165) is 61.8 Å². The molecule has 0 radical (unpaired) electrons. The molecule has 0 saturated carbocycles. The van der Waals surface area contributed by atoms with Crippen molar-refractivity contribution >= 4 is 11.5 Å². The lowest BCUT2D eigenvalue weighted by atomic mass is 10.0. The van der Waals surface area contributed by atoms with Crippen molar-refractivity contribution in [3.8, 4) is 5.88 Å². The van der Waals surface area contributed by atoms with Crippen LogP contribution in [0.15, 0.2) is 35.6 Å². The molecule has 3 aliphatic rings. The fourth-order valence-corrected chi connectivity index (χ4v) is 4.07. The zero-order valence-electron chi connectivity index (χ0n) is 15.4. The molecule has 0 atom stereocenters. The average Bonchev–Trinajstić information content (AvgIpc) is 3.40. The molecule has 5 rings (SSSR count). The molecular formula is C21H24N4O2. The molecule has 27 heavy (non-hydrogen) atoms. The van der Waals surface area contributed by atoms with E-state index >= 15 is 0 Å². The minimum absolute atomic E-state index is 0.164. The molecule has 0 aliphatic carbocycles. The van der Waals surface area contributed by atoms with Crippen LogP contribution in [-0.2, 0) is 11.3 Å². The van der Waals surface area contributed by atoms with Crippen molar-refractivity contribution in [3.63, 3.8) is 0 Å². The van der Waals surface area contributed by atoms with Crippen molar-refractivity contribution in [2.45, 2.75) is 38.3 Å². The van der Waals surface area contributed by atoms with Gasteiger partial charge in [-0.15, -0.1) is 0 Å². The molecule has 6 nitrogen and oxygen atoms in total. The van der Waals surface area contributed by atoms with Crippen LogP contribution in [0.4, 0.5) is 5.82 Å². The molecule has 2 aromatic rings. The standard InChI is InChI=1S/C21H24N4O2/c1-2-10-25(9-1)18-13-15(3-7-22-18)20-19-16(14-24-20)4-8-23-21(19)27-17-5-11-26-12-6-17/h3-4,7-8,13,17H,1-2,5-6,9-12,14H2. The first-order chi connectivity index (χ1) is 13.4. The number of aromatic nitrogens is 2. The monoisotopic (exact) mass is 364 g/mol. The van der Waals surface area contributed by atoms with Crippen molar-refractivity contribution in [1.29, 1.82) is 0 Å². The van der Waals surface area contributed by atoms with Crippen LogP contribution < -0.4 is 9.64 Å². The van der Waals surface area contributed by atoms with E-state index in [2.05, 4.69) is 20.9 Å². The number of hydrogen-bond donors (Lipinski definition) is 0. The molecule has 0 amide bonds. The Morgan fingerprint density at radius 2 is 1.85 bits per heavy atom. The second-order valence-corrected chi connectivity index (χ2v) is 7.34. The zero-order valence-corrected chi connectivity index (χ0v) is 15.4. The Morgan fingerprint density at radius 1 is 1.04 bits per heavy atom. The molecular weight excluding hydrogens is 340 g/mol. The highest BCUT2D eigenvalue weighted by atomic mass is 16.5. The second kappa shape index (κ2) is 7.27. The van der Waals surface area contributed by atoms with Gasteiger partial charge < -0.3 is 14.4 Å². The van der Waals surface area contributed by atoms with Crippen molar-refractivity contribution in [2.24, 2.45) is 4.99 Å². The Balaban J connectivity index is 1.46. The summed E-state index contributed by atoms with van der Waals surface area (Å²) in [6.07, 6.45) is 8.17. The summed E-state index contributed by atoms with van der Waals surface area (Å²) in [5, 5.41) is 0. The second-order valence-electron chi connectivity index (χ2n) is 7.34. The minimum atomic E-state index is 0.164. The lowest BCUT2D eigenvalue weighted by molar-refractivity contribution is 0.0236. The average molecular weight is 364 g/mol. The number of hydrogen-bond acceptors (Lipinski definition) is 6. The molecule has 0 unspecified atom stereocenters. The Hall–Kier alpha value is -2.47. The molecule has 0 N–H and O–H groups in total. The number of pyridine rings is 2. The molecule has 5 heterocycles. The van der Waals surface area contributed by atoms with Crippen LogP contribution in [0.5, 0.6) is 5.88 Å². The van der Waals surface area contributed by atoms with Crippen LogP contribution in [0.2, 0.25) is 0 Å². The molecule has 6 heteroatoms. The fourth-order valence-electron chi connectivity index (χ4n) is 4.07. The summed E-state index contributed by atoms with van der Waals surface area (Å²) >= 11 is 0. The van der Waals surface area contributed by atoms with Crippen LogP contribution in [0, 0.1) is 0 Å². The van der Waals surface area contributed by atoms with Crippen molar-refractivity contribution in [3.05, 3.63) is 47.3 Å².